The second-order valence-electron chi connectivity index (χ2n) is 8.48. The fourth-order valence-corrected chi connectivity index (χ4v) is 4.01. The molecule has 5 rings (SSSR count). The first-order valence-electron chi connectivity index (χ1n) is 11.5. The van der Waals surface area contributed by atoms with E-state index >= 15 is 4.39 Å². The zero-order chi connectivity index (χ0) is 25.1. The summed E-state index contributed by atoms with van der Waals surface area (Å²) >= 11 is 0. The number of hydrazine groups is 1. The Bertz CT molecular complexity index is 1400. The second kappa shape index (κ2) is 10.0. The number of fused-ring (bicyclic) bond motifs is 1. The van der Waals surface area contributed by atoms with Crippen molar-refractivity contribution in [2.24, 2.45) is 16.8 Å². The van der Waals surface area contributed by atoms with Crippen molar-refractivity contribution < 1.29 is 9.13 Å². The maximum atomic E-state index is 15.0. The Hall–Kier alpha value is -4.45. The fourth-order valence-electron chi connectivity index (χ4n) is 4.01. The monoisotopic (exact) mass is 490 g/mol. The molecule has 1 fully saturated rings. The van der Waals surface area contributed by atoms with Crippen LogP contribution in [0.5, 0.6) is 5.75 Å². The van der Waals surface area contributed by atoms with Crippen molar-refractivity contribution in [3.8, 4) is 5.75 Å². The van der Waals surface area contributed by atoms with Crippen LogP contribution in [-0.2, 0) is 13.1 Å². The van der Waals surface area contributed by atoms with Gasteiger partial charge in [0.25, 0.3) is 0 Å². The Morgan fingerprint density at radius 1 is 1.17 bits per heavy atom. The number of hydrazone groups is 1. The lowest BCUT2D eigenvalue weighted by Gasteiger charge is -2.19. The van der Waals surface area contributed by atoms with Gasteiger partial charge in [0.15, 0.2) is 11.6 Å². The number of halogens is 1. The second-order valence-corrected chi connectivity index (χ2v) is 8.48. The predicted molar refractivity (Wildman–Crippen MR) is 136 cm³/mol. The minimum Gasteiger partial charge on any atom is -0.494 e. The van der Waals surface area contributed by atoms with E-state index < -0.39 is 5.82 Å². The van der Waals surface area contributed by atoms with E-state index in [1.807, 2.05) is 6.20 Å². The largest absolute Gasteiger partial charge is 0.494 e. The minimum absolute atomic E-state index is 0.0801. The van der Waals surface area contributed by atoms with Crippen molar-refractivity contribution in [1.29, 1.82) is 0 Å². The van der Waals surface area contributed by atoms with Crippen molar-refractivity contribution in [1.82, 2.24) is 19.4 Å². The molecule has 1 aromatic carbocycles. The van der Waals surface area contributed by atoms with Crippen LogP contribution in [0, 0.1) is 5.82 Å². The molecule has 4 aromatic rings. The molecule has 186 valence electrons. The van der Waals surface area contributed by atoms with Crippen molar-refractivity contribution in [2.45, 2.75) is 31.8 Å². The Morgan fingerprint density at radius 3 is 2.67 bits per heavy atom. The van der Waals surface area contributed by atoms with Crippen molar-refractivity contribution in [2.75, 3.05) is 22.8 Å². The lowest BCUT2D eigenvalue weighted by molar-refractivity contribution is 0.384. The summed E-state index contributed by atoms with van der Waals surface area (Å²) in [6.07, 6.45) is 9.31. The molecule has 0 atom stereocenters. The van der Waals surface area contributed by atoms with Crippen molar-refractivity contribution in [3.05, 3.63) is 71.7 Å². The molecule has 0 unspecified atom stereocenters. The Labute approximate surface area is 207 Å². The van der Waals surface area contributed by atoms with Crippen LogP contribution in [0.15, 0.2) is 54.2 Å². The molecule has 3 aromatic heterocycles. The molecule has 6 N–H and O–H groups in total. The molecule has 1 aliphatic rings. The number of imidazole rings is 1. The fraction of sp³-hybridized carbons (Fsp3) is 0.250. The summed E-state index contributed by atoms with van der Waals surface area (Å²) < 4.78 is 22.2. The van der Waals surface area contributed by atoms with Crippen LogP contribution in [-0.4, -0.2) is 32.8 Å². The number of benzene rings is 1. The summed E-state index contributed by atoms with van der Waals surface area (Å²) in [4.78, 5) is 13.2. The van der Waals surface area contributed by atoms with E-state index in [0.29, 0.717) is 29.8 Å². The standard InChI is InChI=1S/C24H27FN10O/c1-36-20-6-5-19(35(27)14-32-26)18(24(20)25)10-29-22-8-21(30-13-31-22)28-9-17-12-34-11-16(15-2-3-15)4-7-23(34)33-17/h4-8,11-15H,2-3,9-10,26-27H2,1H3,(H2,28,29,30,31)/b32-14-. The number of nitrogens with one attached hydrogen (secondary N) is 2. The molecule has 1 saturated carbocycles. The molecule has 0 amide bonds. The molecule has 0 aliphatic heterocycles. The highest BCUT2D eigenvalue weighted by Gasteiger charge is 2.23. The Balaban J connectivity index is 1.27. The first-order chi connectivity index (χ1) is 17.6. The van der Waals surface area contributed by atoms with Gasteiger partial charge in [-0.1, -0.05) is 6.07 Å². The zero-order valence-electron chi connectivity index (χ0n) is 19.7. The minimum atomic E-state index is -0.549. The Morgan fingerprint density at radius 2 is 1.94 bits per heavy atom. The number of aromatic nitrogens is 4. The quantitative estimate of drug-likeness (QED) is 0.114. The molecular weight excluding hydrogens is 463 g/mol. The van der Waals surface area contributed by atoms with Crippen LogP contribution in [0.4, 0.5) is 21.7 Å². The van der Waals surface area contributed by atoms with E-state index in [9.17, 15) is 0 Å². The van der Waals surface area contributed by atoms with E-state index in [-0.39, 0.29) is 17.9 Å². The molecule has 12 heteroatoms. The molecule has 0 spiro atoms. The van der Waals surface area contributed by atoms with Gasteiger partial charge in [-0.25, -0.2) is 25.2 Å². The Kier molecular flexibility index (Phi) is 6.50. The van der Waals surface area contributed by atoms with Gasteiger partial charge in [-0.05, 0) is 42.5 Å². The first kappa shape index (κ1) is 23.3. The average molecular weight is 491 g/mol. The number of nitrogens with two attached hydrogens (primary N) is 2. The summed E-state index contributed by atoms with van der Waals surface area (Å²) in [6, 6.07) is 9.05. The molecule has 36 heavy (non-hydrogen) atoms. The van der Waals surface area contributed by atoms with Gasteiger partial charge >= 0.3 is 0 Å². The average Bonchev–Trinajstić information content (AvgIpc) is 3.66. The molecule has 0 radical (unpaired) electrons. The smallest absolute Gasteiger partial charge is 0.172 e. The third-order valence-corrected chi connectivity index (χ3v) is 6.01. The van der Waals surface area contributed by atoms with Gasteiger partial charge < -0.3 is 25.6 Å². The third kappa shape index (κ3) is 4.98. The van der Waals surface area contributed by atoms with E-state index in [4.69, 9.17) is 16.4 Å². The van der Waals surface area contributed by atoms with E-state index in [2.05, 4.69) is 53.4 Å². The highest BCUT2D eigenvalue weighted by Crippen LogP contribution is 2.39. The predicted octanol–water partition coefficient (Wildman–Crippen LogP) is 2.96. The van der Waals surface area contributed by atoms with Crippen LogP contribution < -0.4 is 32.1 Å². The zero-order valence-corrected chi connectivity index (χ0v) is 19.7. The summed E-state index contributed by atoms with van der Waals surface area (Å²) in [6.45, 7) is 0.572. The summed E-state index contributed by atoms with van der Waals surface area (Å²) in [5, 5.41) is 10.9. The van der Waals surface area contributed by atoms with Crippen LogP contribution >= 0.6 is 0 Å². The highest BCUT2D eigenvalue weighted by atomic mass is 19.1. The maximum absolute atomic E-state index is 15.0. The van der Waals surface area contributed by atoms with Gasteiger partial charge in [0.2, 0.25) is 0 Å². The lowest BCUT2D eigenvalue weighted by Crippen LogP contribution is -2.31. The SMILES string of the molecule is COc1ccc(N(N)/C=N\N)c(CNc2cc(NCc3cn4cc(C5CC5)ccc4n3)ncn2)c1F. The first-order valence-corrected chi connectivity index (χ1v) is 11.5. The van der Waals surface area contributed by atoms with E-state index in [1.54, 1.807) is 12.1 Å². The van der Waals surface area contributed by atoms with E-state index in [0.717, 1.165) is 16.4 Å². The summed E-state index contributed by atoms with van der Waals surface area (Å²) in [5.74, 6) is 12.5. The molecule has 11 nitrogen and oxygen atoms in total. The van der Waals surface area contributed by atoms with Gasteiger partial charge in [-0.15, -0.1) is 0 Å². The molecular formula is C24H27FN10O. The number of anilines is 3. The number of pyridine rings is 1. The normalized spacial score (nSPS) is 13.3. The summed E-state index contributed by atoms with van der Waals surface area (Å²) in [5.41, 5.74) is 3.80. The van der Waals surface area contributed by atoms with Crippen LogP contribution in [0.2, 0.25) is 0 Å². The molecule has 3 heterocycles. The number of nitrogens with zero attached hydrogens (tertiary/aromatic N) is 6. The van der Waals surface area contributed by atoms with Gasteiger partial charge in [0.1, 0.15) is 29.9 Å². The van der Waals surface area contributed by atoms with Gasteiger partial charge in [0, 0.05) is 30.6 Å². The van der Waals surface area contributed by atoms with Crippen molar-refractivity contribution >= 4 is 29.3 Å². The van der Waals surface area contributed by atoms with Gasteiger partial charge in [-0.3, -0.25) is 5.01 Å². The molecule has 0 saturated heterocycles. The van der Waals surface area contributed by atoms with Crippen LogP contribution in [0.3, 0.4) is 0 Å². The number of ether oxygens (including phenoxy) is 1. The number of methoxy groups -OCH3 is 1. The van der Waals surface area contributed by atoms with E-state index in [1.165, 1.54) is 44.2 Å². The number of rotatable bonds is 10. The lowest BCUT2D eigenvalue weighted by atomic mass is 10.1. The molecule has 1 aliphatic carbocycles. The maximum Gasteiger partial charge on any atom is 0.172 e. The number of hydrogen-bond acceptors (Lipinski definition) is 9. The van der Waals surface area contributed by atoms with Crippen molar-refractivity contribution in [3.63, 3.8) is 0 Å². The summed E-state index contributed by atoms with van der Waals surface area (Å²) in [7, 11) is 1.40. The molecule has 0 bridgehead atoms. The number of hydrogen-bond donors (Lipinski definition) is 4. The topological polar surface area (TPSA) is 144 Å². The highest BCUT2D eigenvalue weighted by molar-refractivity contribution is 5.79. The van der Waals surface area contributed by atoms with Gasteiger partial charge in [0.05, 0.1) is 25.0 Å². The third-order valence-electron chi connectivity index (χ3n) is 6.01. The van der Waals surface area contributed by atoms with Gasteiger partial charge in [-0.2, -0.15) is 5.10 Å². The van der Waals surface area contributed by atoms with Crippen LogP contribution in [0.25, 0.3) is 5.65 Å². The van der Waals surface area contributed by atoms with Crippen LogP contribution in [0.1, 0.15) is 35.6 Å².